The van der Waals surface area contributed by atoms with E-state index in [9.17, 15) is 4.79 Å². The molecule has 0 heterocycles. The van der Waals surface area contributed by atoms with Crippen molar-refractivity contribution in [3.05, 3.63) is 0 Å². The minimum absolute atomic E-state index is 0.104. The zero-order valence-corrected chi connectivity index (χ0v) is 12.1. The Balaban J connectivity index is 5.09. The van der Waals surface area contributed by atoms with Crippen molar-refractivity contribution in [1.82, 2.24) is 4.90 Å². The lowest BCUT2D eigenvalue weighted by Crippen LogP contribution is -2.59. The lowest BCUT2D eigenvalue weighted by Gasteiger charge is -2.44. The predicted octanol–water partition coefficient (Wildman–Crippen LogP) is 2.40. The average Bonchev–Trinajstić information content (AvgIpc) is 2.13. The molecular weight excluding hydrogens is 200 g/mol. The minimum atomic E-state index is -0.561. The fourth-order valence-corrected chi connectivity index (χ4v) is 1.21. The number of carbonyl (C=O) groups is 1. The van der Waals surface area contributed by atoms with Gasteiger partial charge in [-0.25, -0.2) is 0 Å². The van der Waals surface area contributed by atoms with Gasteiger partial charge in [-0.3, -0.25) is 4.79 Å². The third-order valence-corrected chi connectivity index (χ3v) is 4.22. The first-order chi connectivity index (χ1) is 6.88. The molecule has 3 heteroatoms. The minimum Gasteiger partial charge on any atom is -0.340 e. The van der Waals surface area contributed by atoms with Gasteiger partial charge in [0.1, 0.15) is 0 Å². The third kappa shape index (κ3) is 2.76. The quantitative estimate of drug-likeness (QED) is 0.803. The van der Waals surface area contributed by atoms with Gasteiger partial charge in [-0.15, -0.1) is 0 Å². The van der Waals surface area contributed by atoms with Crippen molar-refractivity contribution < 1.29 is 4.79 Å². The molecule has 1 amide bonds. The highest BCUT2D eigenvalue weighted by atomic mass is 16.2. The second kappa shape index (κ2) is 4.36. The van der Waals surface area contributed by atoms with Gasteiger partial charge in [-0.05, 0) is 48.0 Å². The van der Waals surface area contributed by atoms with Crippen LogP contribution in [0.4, 0.5) is 0 Å². The van der Waals surface area contributed by atoms with E-state index in [0.29, 0.717) is 0 Å². The molecular formula is C13H28N2O. The van der Waals surface area contributed by atoms with Crippen LogP contribution in [0.5, 0.6) is 0 Å². The Morgan fingerprint density at radius 1 is 1.12 bits per heavy atom. The van der Waals surface area contributed by atoms with Crippen molar-refractivity contribution in [2.75, 3.05) is 7.05 Å². The van der Waals surface area contributed by atoms with Crippen molar-refractivity contribution in [2.24, 2.45) is 11.1 Å². The number of hydrogen-bond donors (Lipinski definition) is 1. The topological polar surface area (TPSA) is 46.3 Å². The van der Waals surface area contributed by atoms with E-state index in [4.69, 9.17) is 5.73 Å². The van der Waals surface area contributed by atoms with Crippen LogP contribution in [0.25, 0.3) is 0 Å². The summed E-state index contributed by atoms with van der Waals surface area (Å²) in [5.74, 6) is 0.104. The Bertz CT molecular complexity index is 262. The van der Waals surface area contributed by atoms with Gasteiger partial charge in [0, 0.05) is 18.1 Å². The van der Waals surface area contributed by atoms with Crippen molar-refractivity contribution in [3.63, 3.8) is 0 Å². The molecule has 0 aliphatic carbocycles. The molecule has 0 aromatic carbocycles. The molecule has 0 unspecified atom stereocenters. The molecule has 0 bridgehead atoms. The SMILES string of the molecule is CCC(C)(C)N(C)C(=O)C(C)(C)C(C)(C)N. The molecule has 96 valence electrons. The van der Waals surface area contributed by atoms with Gasteiger partial charge in [0.25, 0.3) is 0 Å². The molecule has 0 aromatic heterocycles. The van der Waals surface area contributed by atoms with E-state index in [-0.39, 0.29) is 11.4 Å². The Morgan fingerprint density at radius 2 is 1.50 bits per heavy atom. The number of nitrogens with zero attached hydrogens (tertiary/aromatic N) is 1. The van der Waals surface area contributed by atoms with E-state index in [1.54, 1.807) is 0 Å². The monoisotopic (exact) mass is 228 g/mol. The maximum absolute atomic E-state index is 12.5. The third-order valence-electron chi connectivity index (χ3n) is 4.22. The normalized spacial score (nSPS) is 13.8. The second-order valence-corrected chi connectivity index (χ2v) is 6.38. The van der Waals surface area contributed by atoms with Gasteiger partial charge in [0.05, 0.1) is 5.41 Å². The van der Waals surface area contributed by atoms with Gasteiger partial charge in [-0.1, -0.05) is 6.92 Å². The Kier molecular flexibility index (Phi) is 4.21. The van der Waals surface area contributed by atoms with E-state index >= 15 is 0 Å². The molecule has 2 N–H and O–H groups in total. The van der Waals surface area contributed by atoms with E-state index in [0.717, 1.165) is 6.42 Å². The first kappa shape index (κ1) is 15.4. The van der Waals surface area contributed by atoms with E-state index in [2.05, 4.69) is 20.8 Å². The summed E-state index contributed by atoms with van der Waals surface area (Å²) in [6.07, 6.45) is 0.927. The molecule has 0 fully saturated rings. The van der Waals surface area contributed by atoms with Crippen LogP contribution in [-0.4, -0.2) is 28.9 Å². The van der Waals surface area contributed by atoms with Crippen LogP contribution in [-0.2, 0) is 4.79 Å². The summed E-state index contributed by atoms with van der Waals surface area (Å²) in [5.41, 5.74) is 4.88. The fourth-order valence-electron chi connectivity index (χ4n) is 1.21. The van der Waals surface area contributed by atoms with E-state index in [1.165, 1.54) is 0 Å². The summed E-state index contributed by atoms with van der Waals surface area (Å²) < 4.78 is 0. The summed E-state index contributed by atoms with van der Waals surface area (Å²) >= 11 is 0. The molecule has 0 atom stereocenters. The molecule has 0 rings (SSSR count). The average molecular weight is 228 g/mol. The van der Waals surface area contributed by atoms with Gasteiger partial charge >= 0.3 is 0 Å². The summed E-state index contributed by atoms with van der Waals surface area (Å²) in [5, 5.41) is 0. The van der Waals surface area contributed by atoms with Gasteiger partial charge < -0.3 is 10.6 Å². The first-order valence-corrected chi connectivity index (χ1v) is 5.95. The van der Waals surface area contributed by atoms with Crippen LogP contribution in [0.1, 0.15) is 54.9 Å². The number of amides is 1. The Labute approximate surface area is 100 Å². The molecule has 0 radical (unpaired) electrons. The lowest BCUT2D eigenvalue weighted by molar-refractivity contribution is -0.147. The molecule has 0 aromatic rings. The number of rotatable bonds is 4. The molecule has 0 aliphatic rings. The smallest absolute Gasteiger partial charge is 0.230 e. The maximum Gasteiger partial charge on any atom is 0.230 e. The maximum atomic E-state index is 12.5. The highest BCUT2D eigenvalue weighted by Crippen LogP contribution is 2.33. The van der Waals surface area contributed by atoms with Crippen molar-refractivity contribution in [2.45, 2.75) is 66.0 Å². The van der Waals surface area contributed by atoms with Crippen LogP contribution < -0.4 is 5.73 Å². The van der Waals surface area contributed by atoms with Gasteiger partial charge in [-0.2, -0.15) is 0 Å². The summed E-state index contributed by atoms with van der Waals surface area (Å²) in [4.78, 5) is 14.3. The van der Waals surface area contributed by atoms with E-state index in [1.807, 2.05) is 39.6 Å². The summed E-state index contributed by atoms with van der Waals surface area (Å²) in [6, 6.07) is 0. The van der Waals surface area contributed by atoms with Crippen molar-refractivity contribution >= 4 is 5.91 Å². The standard InChI is InChI=1S/C13H28N2O/c1-9-11(2,3)15(8)10(16)12(4,5)13(6,7)14/h9,14H2,1-8H3. The molecule has 0 saturated carbocycles. The predicted molar refractivity (Wildman–Crippen MR) is 69.2 cm³/mol. The van der Waals surface area contributed by atoms with Crippen LogP contribution in [0.3, 0.4) is 0 Å². The van der Waals surface area contributed by atoms with Crippen LogP contribution in [0.15, 0.2) is 0 Å². The molecule has 3 nitrogen and oxygen atoms in total. The molecule has 16 heavy (non-hydrogen) atoms. The second-order valence-electron chi connectivity index (χ2n) is 6.38. The zero-order chi connectivity index (χ0) is 13.4. The van der Waals surface area contributed by atoms with E-state index < -0.39 is 11.0 Å². The largest absolute Gasteiger partial charge is 0.340 e. The zero-order valence-electron chi connectivity index (χ0n) is 12.1. The lowest BCUT2D eigenvalue weighted by atomic mass is 9.73. The summed E-state index contributed by atoms with van der Waals surface area (Å²) in [6.45, 7) is 13.9. The van der Waals surface area contributed by atoms with Crippen LogP contribution in [0.2, 0.25) is 0 Å². The van der Waals surface area contributed by atoms with Gasteiger partial charge in [0.2, 0.25) is 5.91 Å². The molecule has 0 spiro atoms. The first-order valence-electron chi connectivity index (χ1n) is 5.95. The number of nitrogens with two attached hydrogens (primary N) is 1. The van der Waals surface area contributed by atoms with Crippen LogP contribution in [0, 0.1) is 5.41 Å². The fraction of sp³-hybridized carbons (Fsp3) is 0.923. The molecule has 0 aliphatic heterocycles. The number of carbonyl (C=O) groups excluding carboxylic acids is 1. The Hall–Kier alpha value is -0.570. The summed E-state index contributed by atoms with van der Waals surface area (Å²) in [7, 11) is 1.86. The highest BCUT2D eigenvalue weighted by molar-refractivity contribution is 5.83. The van der Waals surface area contributed by atoms with Crippen molar-refractivity contribution in [1.29, 1.82) is 0 Å². The molecule has 0 saturated heterocycles. The number of hydrogen-bond acceptors (Lipinski definition) is 2. The highest BCUT2D eigenvalue weighted by Gasteiger charge is 2.44. The van der Waals surface area contributed by atoms with Gasteiger partial charge in [0.15, 0.2) is 0 Å². The van der Waals surface area contributed by atoms with Crippen molar-refractivity contribution in [3.8, 4) is 0 Å². The van der Waals surface area contributed by atoms with Crippen LogP contribution >= 0.6 is 0 Å². The Morgan fingerprint density at radius 3 is 1.75 bits per heavy atom.